The Morgan fingerprint density at radius 1 is 1.16 bits per heavy atom. The van der Waals surface area contributed by atoms with Crippen LogP contribution < -0.4 is 10.9 Å². The number of likely N-dealkylation sites (tertiary alicyclic amines) is 1. The van der Waals surface area contributed by atoms with Crippen LogP contribution >= 0.6 is 0 Å². The molecule has 1 saturated carbocycles. The van der Waals surface area contributed by atoms with Crippen LogP contribution in [0.15, 0.2) is 41.6 Å². The first-order valence-corrected chi connectivity index (χ1v) is 12.7. The van der Waals surface area contributed by atoms with Crippen molar-refractivity contribution in [2.24, 2.45) is 5.92 Å². The summed E-state index contributed by atoms with van der Waals surface area (Å²) in [5.74, 6) is 0.200. The molecule has 1 aromatic carbocycles. The van der Waals surface area contributed by atoms with Crippen molar-refractivity contribution < 1.29 is 14.7 Å². The maximum absolute atomic E-state index is 13.2. The third kappa shape index (κ3) is 5.42. The molecule has 0 atom stereocenters. The smallest absolute Gasteiger partial charge is 0.264 e. The lowest BCUT2D eigenvalue weighted by atomic mass is 9.91. The lowest BCUT2D eigenvalue weighted by Crippen LogP contribution is -2.50. The number of likely N-dealkylation sites (N-methyl/N-ethyl adjacent to an activating group) is 1. The maximum Gasteiger partial charge on any atom is 0.264 e. The Labute approximate surface area is 214 Å². The number of aromatic nitrogens is 4. The predicted octanol–water partition coefficient (Wildman–Crippen LogP) is 0.637. The highest BCUT2D eigenvalue weighted by atomic mass is 16.3. The molecule has 1 aliphatic carbocycles. The predicted molar refractivity (Wildman–Crippen MR) is 137 cm³/mol. The minimum Gasteiger partial charge on any atom is -0.388 e. The zero-order valence-electron chi connectivity index (χ0n) is 21.3. The third-order valence-electron chi connectivity index (χ3n) is 7.17. The summed E-state index contributed by atoms with van der Waals surface area (Å²) in [6.45, 7) is 2.42. The molecule has 2 amide bonds. The third-order valence-corrected chi connectivity index (χ3v) is 7.17. The number of nitrogens with zero attached hydrogens (tertiary/aromatic N) is 6. The molecule has 37 heavy (non-hydrogen) atoms. The van der Waals surface area contributed by atoms with Crippen molar-refractivity contribution in [3.63, 3.8) is 0 Å². The lowest BCUT2D eigenvalue weighted by Gasteiger charge is -2.38. The van der Waals surface area contributed by atoms with Gasteiger partial charge in [-0.05, 0) is 64.0 Å². The van der Waals surface area contributed by atoms with Gasteiger partial charge in [0.1, 0.15) is 11.7 Å². The zero-order valence-corrected chi connectivity index (χ0v) is 21.3. The van der Waals surface area contributed by atoms with Gasteiger partial charge >= 0.3 is 0 Å². The monoisotopic (exact) mass is 507 g/mol. The molecule has 0 spiro atoms. The van der Waals surface area contributed by atoms with E-state index in [4.69, 9.17) is 0 Å². The topological polar surface area (TPSA) is 126 Å². The molecule has 2 aromatic heterocycles. The van der Waals surface area contributed by atoms with Gasteiger partial charge in [0.2, 0.25) is 5.91 Å². The SMILES string of the molecule is CN(C)CCNC(=O)c1ccc(-n2ncc3c(=O)n(CC4(O)CCN(C(=O)C5CC5)CC4)cnc32)cc1. The largest absolute Gasteiger partial charge is 0.388 e. The number of aliphatic hydroxyl groups is 1. The molecule has 2 aliphatic rings. The Morgan fingerprint density at radius 3 is 2.51 bits per heavy atom. The molecule has 0 unspecified atom stereocenters. The van der Waals surface area contributed by atoms with Crippen molar-refractivity contribution in [2.45, 2.75) is 37.8 Å². The van der Waals surface area contributed by atoms with E-state index in [1.54, 1.807) is 28.9 Å². The molecule has 11 nitrogen and oxygen atoms in total. The summed E-state index contributed by atoms with van der Waals surface area (Å²) >= 11 is 0. The Morgan fingerprint density at radius 2 is 1.86 bits per heavy atom. The van der Waals surface area contributed by atoms with Gasteiger partial charge in [0.25, 0.3) is 11.5 Å². The number of benzene rings is 1. The van der Waals surface area contributed by atoms with Crippen molar-refractivity contribution in [3.05, 3.63) is 52.7 Å². The normalized spacial score (nSPS) is 17.4. The Hall–Kier alpha value is -3.57. The number of carbonyl (C=O) groups is 2. The Kier molecular flexibility index (Phi) is 6.82. The van der Waals surface area contributed by atoms with Gasteiger partial charge in [0.05, 0.1) is 24.0 Å². The molecule has 1 saturated heterocycles. The number of rotatable bonds is 8. The molecule has 3 heterocycles. The van der Waals surface area contributed by atoms with E-state index in [0.717, 1.165) is 19.4 Å². The van der Waals surface area contributed by atoms with Gasteiger partial charge in [0, 0.05) is 37.7 Å². The number of amides is 2. The van der Waals surface area contributed by atoms with E-state index in [2.05, 4.69) is 15.4 Å². The second kappa shape index (κ2) is 10.1. The molecule has 196 valence electrons. The first-order chi connectivity index (χ1) is 17.7. The van der Waals surface area contributed by atoms with E-state index in [1.165, 1.54) is 17.1 Å². The van der Waals surface area contributed by atoms with E-state index >= 15 is 0 Å². The zero-order chi connectivity index (χ0) is 26.2. The number of hydrogen-bond acceptors (Lipinski definition) is 7. The first kappa shape index (κ1) is 25.1. The molecular weight excluding hydrogens is 474 g/mol. The summed E-state index contributed by atoms with van der Waals surface area (Å²) in [5.41, 5.74) is 0.265. The number of carbonyl (C=O) groups excluding carboxylic acids is 2. The summed E-state index contributed by atoms with van der Waals surface area (Å²) in [6, 6.07) is 6.95. The van der Waals surface area contributed by atoms with Crippen molar-refractivity contribution in [2.75, 3.05) is 40.3 Å². The summed E-state index contributed by atoms with van der Waals surface area (Å²) in [4.78, 5) is 46.1. The fourth-order valence-electron chi connectivity index (χ4n) is 4.71. The standard InChI is InChI=1S/C26H33N7O4/c1-30(2)14-11-27-23(34)18-5-7-20(8-6-18)33-22-21(15-29-33)25(36)32(17-28-22)16-26(37)9-12-31(13-10-26)24(35)19-3-4-19/h5-8,15,17,19,37H,3-4,9-14,16H2,1-2H3,(H,27,34). The number of fused-ring (bicyclic) bond motifs is 1. The molecule has 2 fully saturated rings. The lowest BCUT2D eigenvalue weighted by molar-refractivity contribution is -0.137. The van der Waals surface area contributed by atoms with Crippen LogP contribution in [0.5, 0.6) is 0 Å². The molecule has 0 radical (unpaired) electrons. The van der Waals surface area contributed by atoms with E-state index in [9.17, 15) is 19.5 Å². The van der Waals surface area contributed by atoms with E-state index in [-0.39, 0.29) is 29.8 Å². The first-order valence-electron chi connectivity index (χ1n) is 12.7. The van der Waals surface area contributed by atoms with Crippen molar-refractivity contribution in [1.82, 2.24) is 34.4 Å². The maximum atomic E-state index is 13.2. The fourth-order valence-corrected chi connectivity index (χ4v) is 4.71. The average molecular weight is 508 g/mol. The van der Waals surface area contributed by atoms with Gasteiger partial charge in [-0.25, -0.2) is 9.67 Å². The Balaban J connectivity index is 1.28. The number of piperidine rings is 1. The summed E-state index contributed by atoms with van der Waals surface area (Å²) < 4.78 is 2.99. The van der Waals surface area contributed by atoms with Gasteiger partial charge in [-0.3, -0.25) is 19.0 Å². The molecule has 11 heteroatoms. The number of hydrogen-bond donors (Lipinski definition) is 2. The van der Waals surface area contributed by atoms with Crippen LogP contribution in [0.1, 0.15) is 36.0 Å². The van der Waals surface area contributed by atoms with Gasteiger partial charge in [-0.2, -0.15) is 5.10 Å². The van der Waals surface area contributed by atoms with Gasteiger partial charge < -0.3 is 20.2 Å². The van der Waals surface area contributed by atoms with Gasteiger partial charge in [0.15, 0.2) is 5.65 Å². The minimum atomic E-state index is -1.07. The van der Waals surface area contributed by atoms with Crippen LogP contribution in [-0.2, 0) is 11.3 Å². The fraction of sp³-hybridized carbons (Fsp3) is 0.500. The molecule has 5 rings (SSSR count). The van der Waals surface area contributed by atoms with Crippen molar-refractivity contribution in [1.29, 1.82) is 0 Å². The van der Waals surface area contributed by atoms with Crippen LogP contribution in [-0.4, -0.2) is 91.9 Å². The van der Waals surface area contributed by atoms with E-state index in [0.29, 0.717) is 54.8 Å². The van der Waals surface area contributed by atoms with E-state index in [1.807, 2.05) is 23.9 Å². The highest BCUT2D eigenvalue weighted by molar-refractivity contribution is 5.94. The van der Waals surface area contributed by atoms with Crippen LogP contribution in [0.25, 0.3) is 16.7 Å². The molecular formula is C26H33N7O4. The summed E-state index contributed by atoms with van der Waals surface area (Å²) in [5, 5.41) is 18.7. The highest BCUT2D eigenvalue weighted by Crippen LogP contribution is 2.33. The van der Waals surface area contributed by atoms with Crippen LogP contribution in [0, 0.1) is 5.92 Å². The molecule has 0 bridgehead atoms. The van der Waals surface area contributed by atoms with Crippen LogP contribution in [0.3, 0.4) is 0 Å². The molecule has 1 aliphatic heterocycles. The van der Waals surface area contributed by atoms with Crippen molar-refractivity contribution >= 4 is 22.8 Å². The Bertz CT molecular complexity index is 1350. The quantitative estimate of drug-likeness (QED) is 0.458. The average Bonchev–Trinajstić information content (AvgIpc) is 3.64. The number of nitrogens with one attached hydrogen (secondary N) is 1. The minimum absolute atomic E-state index is 0.114. The molecule has 3 aromatic rings. The summed E-state index contributed by atoms with van der Waals surface area (Å²) in [7, 11) is 3.89. The summed E-state index contributed by atoms with van der Waals surface area (Å²) in [6.07, 6.45) is 5.68. The van der Waals surface area contributed by atoms with Crippen LogP contribution in [0.4, 0.5) is 0 Å². The second-order valence-electron chi connectivity index (χ2n) is 10.4. The van der Waals surface area contributed by atoms with Gasteiger partial charge in [-0.15, -0.1) is 0 Å². The highest BCUT2D eigenvalue weighted by Gasteiger charge is 2.39. The van der Waals surface area contributed by atoms with Crippen LogP contribution in [0.2, 0.25) is 0 Å². The van der Waals surface area contributed by atoms with Gasteiger partial charge in [-0.1, -0.05) is 0 Å². The molecule has 2 N–H and O–H groups in total. The second-order valence-corrected chi connectivity index (χ2v) is 10.4. The van der Waals surface area contributed by atoms with Crippen molar-refractivity contribution in [3.8, 4) is 5.69 Å². The van der Waals surface area contributed by atoms with E-state index < -0.39 is 5.60 Å².